The lowest BCUT2D eigenvalue weighted by molar-refractivity contribution is -0.192. The van der Waals surface area contributed by atoms with Crippen molar-refractivity contribution in [3.8, 4) is 0 Å². The van der Waals surface area contributed by atoms with E-state index in [4.69, 9.17) is 9.90 Å². The van der Waals surface area contributed by atoms with Gasteiger partial charge in [-0.05, 0) is 36.8 Å². The van der Waals surface area contributed by atoms with Crippen LogP contribution in [0.5, 0.6) is 0 Å². The number of hydrogen-bond acceptors (Lipinski definition) is 4. The Hall–Kier alpha value is -3.47. The van der Waals surface area contributed by atoms with E-state index in [2.05, 4.69) is 5.32 Å². The van der Waals surface area contributed by atoms with E-state index in [1.807, 2.05) is 19.1 Å². The summed E-state index contributed by atoms with van der Waals surface area (Å²) in [6, 6.07) is 13.3. The molecule has 2 amide bonds. The Kier molecular flexibility index (Phi) is 9.55. The van der Waals surface area contributed by atoms with Gasteiger partial charge in [-0.2, -0.15) is 13.2 Å². The number of hydrogen-bond donors (Lipinski definition) is 2. The summed E-state index contributed by atoms with van der Waals surface area (Å²) in [6.07, 6.45) is -5.08. The zero-order valence-corrected chi connectivity index (χ0v) is 18.4. The first-order chi connectivity index (χ1) is 16.0. The maximum atomic E-state index is 13.2. The maximum absolute atomic E-state index is 13.2. The highest BCUT2D eigenvalue weighted by Crippen LogP contribution is 2.14. The molecule has 0 bridgehead atoms. The normalized spacial score (nSPS) is 13.5. The number of amides is 2. The fraction of sp³-hybridized carbons (Fsp3) is 0.348. The number of alkyl halides is 3. The lowest BCUT2D eigenvalue weighted by Gasteiger charge is -2.30. The number of halogens is 4. The molecule has 1 heterocycles. The number of aliphatic carboxylic acids is 1. The number of nitrogens with one attached hydrogen (secondary N) is 1. The molecule has 7 nitrogen and oxygen atoms in total. The number of piperazine rings is 1. The van der Waals surface area contributed by atoms with Crippen LogP contribution >= 0.6 is 0 Å². The maximum Gasteiger partial charge on any atom is 0.490 e. The molecule has 0 radical (unpaired) electrons. The average molecular weight is 483 g/mol. The fourth-order valence-corrected chi connectivity index (χ4v) is 3.07. The summed E-state index contributed by atoms with van der Waals surface area (Å²) in [4.78, 5) is 37.9. The van der Waals surface area contributed by atoms with E-state index >= 15 is 0 Å². The van der Waals surface area contributed by atoms with E-state index < -0.39 is 12.1 Å². The molecule has 0 aliphatic carbocycles. The van der Waals surface area contributed by atoms with Crippen molar-refractivity contribution in [2.75, 3.05) is 32.7 Å². The Morgan fingerprint density at radius 3 is 2.03 bits per heavy atom. The second-order valence-electron chi connectivity index (χ2n) is 7.59. The van der Waals surface area contributed by atoms with Gasteiger partial charge >= 0.3 is 12.1 Å². The molecule has 2 aromatic rings. The third kappa shape index (κ3) is 8.47. The van der Waals surface area contributed by atoms with Gasteiger partial charge in [0.05, 0.1) is 0 Å². The topological polar surface area (TPSA) is 90.0 Å². The molecule has 0 atom stereocenters. The summed E-state index contributed by atoms with van der Waals surface area (Å²) < 4.78 is 44.9. The SMILES string of the molecule is Cc1ccc(C(=O)N(CC(=O)N2CCNCC2)Cc2ccc(F)cc2)cc1.O=C(O)C(F)(F)F. The minimum absolute atomic E-state index is 0.00405. The van der Waals surface area contributed by atoms with Gasteiger partial charge in [0.25, 0.3) is 5.91 Å². The van der Waals surface area contributed by atoms with Gasteiger partial charge in [-0.25, -0.2) is 9.18 Å². The summed E-state index contributed by atoms with van der Waals surface area (Å²) in [5.41, 5.74) is 2.38. The van der Waals surface area contributed by atoms with Crippen molar-refractivity contribution in [1.29, 1.82) is 0 Å². The Morgan fingerprint density at radius 1 is 1.00 bits per heavy atom. The fourth-order valence-electron chi connectivity index (χ4n) is 3.07. The molecular weight excluding hydrogens is 458 g/mol. The zero-order valence-electron chi connectivity index (χ0n) is 18.4. The number of carboxylic acid groups (broad SMARTS) is 1. The van der Waals surface area contributed by atoms with Crippen LogP contribution in [0.15, 0.2) is 48.5 Å². The first-order valence-electron chi connectivity index (χ1n) is 10.4. The molecule has 0 saturated carbocycles. The highest BCUT2D eigenvalue weighted by molar-refractivity contribution is 5.96. The van der Waals surface area contributed by atoms with Crippen LogP contribution in [-0.2, 0) is 16.1 Å². The smallest absolute Gasteiger partial charge is 0.475 e. The monoisotopic (exact) mass is 483 g/mol. The lowest BCUT2D eigenvalue weighted by Crippen LogP contribution is -2.50. The average Bonchev–Trinajstić information content (AvgIpc) is 2.80. The Balaban J connectivity index is 0.000000509. The van der Waals surface area contributed by atoms with E-state index in [0.717, 1.165) is 24.2 Å². The largest absolute Gasteiger partial charge is 0.490 e. The van der Waals surface area contributed by atoms with Gasteiger partial charge in [0, 0.05) is 38.3 Å². The van der Waals surface area contributed by atoms with Crippen LogP contribution in [0.25, 0.3) is 0 Å². The molecule has 0 unspecified atom stereocenters. The number of nitrogens with zero attached hydrogens (tertiary/aromatic N) is 2. The minimum Gasteiger partial charge on any atom is -0.475 e. The first kappa shape index (κ1) is 26.8. The van der Waals surface area contributed by atoms with Gasteiger partial charge in [0.2, 0.25) is 5.91 Å². The van der Waals surface area contributed by atoms with E-state index in [9.17, 15) is 27.2 Å². The Morgan fingerprint density at radius 2 is 1.53 bits per heavy atom. The number of carbonyl (C=O) groups is 3. The quantitative estimate of drug-likeness (QED) is 0.639. The van der Waals surface area contributed by atoms with Crippen molar-refractivity contribution in [2.24, 2.45) is 0 Å². The Labute approximate surface area is 194 Å². The first-order valence-corrected chi connectivity index (χ1v) is 10.4. The van der Waals surface area contributed by atoms with E-state index in [1.54, 1.807) is 29.2 Å². The van der Waals surface area contributed by atoms with Crippen LogP contribution < -0.4 is 5.32 Å². The van der Waals surface area contributed by atoms with Gasteiger partial charge in [-0.15, -0.1) is 0 Å². The predicted octanol–water partition coefficient (Wildman–Crippen LogP) is 2.84. The van der Waals surface area contributed by atoms with E-state index in [1.165, 1.54) is 17.0 Å². The molecule has 184 valence electrons. The minimum atomic E-state index is -5.08. The summed E-state index contributed by atoms with van der Waals surface area (Å²) in [5, 5.41) is 10.3. The second-order valence-corrected chi connectivity index (χ2v) is 7.59. The number of benzene rings is 2. The van der Waals surface area contributed by atoms with Gasteiger partial charge < -0.3 is 20.2 Å². The van der Waals surface area contributed by atoms with Crippen molar-refractivity contribution < 1.29 is 37.1 Å². The standard InChI is InChI=1S/C21H24FN3O2.C2HF3O2/c1-16-2-6-18(7-3-16)21(27)25(14-17-4-8-19(22)9-5-17)15-20(26)24-12-10-23-11-13-24;3-2(4,5)1(6)7/h2-9,23H,10-15H2,1H3;(H,6,7). The van der Waals surface area contributed by atoms with Crippen LogP contribution in [0.4, 0.5) is 17.6 Å². The third-order valence-electron chi connectivity index (χ3n) is 4.91. The Bertz CT molecular complexity index is 973. The molecule has 1 saturated heterocycles. The molecule has 2 N–H and O–H groups in total. The van der Waals surface area contributed by atoms with Crippen LogP contribution in [0.2, 0.25) is 0 Å². The summed E-state index contributed by atoms with van der Waals surface area (Å²) in [5.74, 6) is -3.36. The summed E-state index contributed by atoms with van der Waals surface area (Å²) in [7, 11) is 0. The number of carboxylic acids is 1. The highest BCUT2D eigenvalue weighted by atomic mass is 19.4. The van der Waals surface area contributed by atoms with Crippen LogP contribution in [0, 0.1) is 12.7 Å². The van der Waals surface area contributed by atoms with Crippen LogP contribution in [-0.4, -0.2) is 71.6 Å². The summed E-state index contributed by atoms with van der Waals surface area (Å²) in [6.45, 7) is 5.02. The van der Waals surface area contributed by atoms with Crippen molar-refractivity contribution >= 4 is 17.8 Å². The third-order valence-corrected chi connectivity index (χ3v) is 4.91. The molecule has 0 aromatic heterocycles. The molecule has 1 fully saturated rings. The van der Waals surface area contributed by atoms with Gasteiger partial charge in [0.1, 0.15) is 12.4 Å². The molecule has 3 rings (SSSR count). The van der Waals surface area contributed by atoms with E-state index in [0.29, 0.717) is 18.7 Å². The summed E-state index contributed by atoms with van der Waals surface area (Å²) >= 11 is 0. The van der Waals surface area contributed by atoms with Crippen molar-refractivity contribution in [1.82, 2.24) is 15.1 Å². The predicted molar refractivity (Wildman–Crippen MR) is 115 cm³/mol. The molecule has 1 aliphatic rings. The molecule has 2 aromatic carbocycles. The molecule has 11 heteroatoms. The molecule has 0 spiro atoms. The molecule has 34 heavy (non-hydrogen) atoms. The van der Waals surface area contributed by atoms with Crippen LogP contribution in [0.3, 0.4) is 0 Å². The van der Waals surface area contributed by atoms with Gasteiger partial charge in [-0.3, -0.25) is 9.59 Å². The molecular formula is C23H25F4N3O4. The van der Waals surface area contributed by atoms with Gasteiger partial charge in [-0.1, -0.05) is 29.8 Å². The highest BCUT2D eigenvalue weighted by Gasteiger charge is 2.38. The number of carbonyl (C=O) groups excluding carboxylic acids is 2. The second kappa shape index (κ2) is 12.1. The van der Waals surface area contributed by atoms with Crippen molar-refractivity contribution in [2.45, 2.75) is 19.6 Å². The van der Waals surface area contributed by atoms with Gasteiger partial charge in [0.15, 0.2) is 0 Å². The van der Waals surface area contributed by atoms with Crippen molar-refractivity contribution in [3.05, 3.63) is 71.0 Å². The number of rotatable bonds is 5. The zero-order chi connectivity index (χ0) is 25.3. The van der Waals surface area contributed by atoms with Crippen molar-refractivity contribution in [3.63, 3.8) is 0 Å². The number of aryl methyl sites for hydroxylation is 1. The van der Waals surface area contributed by atoms with E-state index in [-0.39, 0.29) is 30.7 Å². The van der Waals surface area contributed by atoms with Crippen LogP contribution in [0.1, 0.15) is 21.5 Å². The lowest BCUT2D eigenvalue weighted by atomic mass is 10.1. The molecule has 1 aliphatic heterocycles.